The summed E-state index contributed by atoms with van der Waals surface area (Å²) in [6.07, 6.45) is 3.86. The third kappa shape index (κ3) is 2.56. The standard InChI is InChI=1S/C19H19N3O2/c23-18-12-14(13-6-1-2-7-15(13)21-18)19(24)22-11-5-9-17(22)16-8-3-4-10-20-16/h1-4,6-8,10,14,17H,5,9,11-12H2,(H,21,23)/t14-,17+/m0/s1. The zero-order valence-electron chi connectivity index (χ0n) is 13.3. The molecular weight excluding hydrogens is 302 g/mol. The van der Waals surface area contributed by atoms with Crippen molar-refractivity contribution in [2.75, 3.05) is 11.9 Å². The van der Waals surface area contributed by atoms with E-state index in [9.17, 15) is 9.59 Å². The molecule has 122 valence electrons. The summed E-state index contributed by atoms with van der Waals surface area (Å²) in [5.41, 5.74) is 2.59. The summed E-state index contributed by atoms with van der Waals surface area (Å²) in [5.74, 6) is -0.467. The van der Waals surface area contributed by atoms with Crippen molar-refractivity contribution in [3.8, 4) is 0 Å². The zero-order valence-corrected chi connectivity index (χ0v) is 13.3. The van der Waals surface area contributed by atoms with Crippen LogP contribution in [-0.2, 0) is 9.59 Å². The molecule has 0 aliphatic carbocycles. The molecule has 24 heavy (non-hydrogen) atoms. The molecule has 1 fully saturated rings. The van der Waals surface area contributed by atoms with Crippen LogP contribution in [0, 0.1) is 0 Å². The molecule has 1 N–H and O–H groups in total. The molecule has 0 radical (unpaired) electrons. The van der Waals surface area contributed by atoms with Crippen molar-refractivity contribution in [3.05, 3.63) is 59.9 Å². The van der Waals surface area contributed by atoms with Crippen LogP contribution in [-0.4, -0.2) is 28.2 Å². The molecule has 1 saturated heterocycles. The topological polar surface area (TPSA) is 62.3 Å². The first-order valence-corrected chi connectivity index (χ1v) is 8.34. The largest absolute Gasteiger partial charge is 0.334 e. The number of carbonyl (C=O) groups excluding carboxylic acids is 2. The van der Waals surface area contributed by atoms with E-state index in [0.29, 0.717) is 0 Å². The monoisotopic (exact) mass is 321 g/mol. The fourth-order valence-electron chi connectivity index (χ4n) is 3.74. The summed E-state index contributed by atoms with van der Waals surface area (Å²) in [6.45, 7) is 0.723. The SMILES string of the molecule is O=C1C[C@H](C(=O)N2CCC[C@@H]2c2ccccn2)c2ccccc2N1. The van der Waals surface area contributed by atoms with Gasteiger partial charge in [0.05, 0.1) is 17.7 Å². The van der Waals surface area contributed by atoms with E-state index in [-0.39, 0.29) is 24.3 Å². The van der Waals surface area contributed by atoms with Crippen LogP contribution < -0.4 is 5.32 Å². The Morgan fingerprint density at radius 1 is 1.17 bits per heavy atom. The first kappa shape index (κ1) is 14.9. The highest BCUT2D eigenvalue weighted by molar-refractivity contribution is 6.01. The third-order valence-electron chi connectivity index (χ3n) is 4.86. The lowest BCUT2D eigenvalue weighted by Crippen LogP contribution is -2.38. The van der Waals surface area contributed by atoms with Crippen molar-refractivity contribution in [1.82, 2.24) is 9.88 Å². The molecule has 5 nitrogen and oxygen atoms in total. The second-order valence-corrected chi connectivity index (χ2v) is 6.34. The van der Waals surface area contributed by atoms with Gasteiger partial charge in [-0.1, -0.05) is 24.3 Å². The molecule has 0 unspecified atom stereocenters. The molecule has 2 aliphatic rings. The molecule has 0 saturated carbocycles. The number of anilines is 1. The summed E-state index contributed by atoms with van der Waals surface area (Å²) in [5, 5.41) is 2.86. The molecule has 5 heteroatoms. The van der Waals surface area contributed by atoms with Crippen LogP contribution in [0.5, 0.6) is 0 Å². The van der Waals surface area contributed by atoms with Crippen LogP contribution in [0.3, 0.4) is 0 Å². The molecule has 2 atom stereocenters. The molecule has 2 aromatic rings. The van der Waals surface area contributed by atoms with Gasteiger partial charge < -0.3 is 10.2 Å². The zero-order chi connectivity index (χ0) is 16.5. The number of pyridine rings is 1. The van der Waals surface area contributed by atoms with Crippen molar-refractivity contribution in [3.63, 3.8) is 0 Å². The first-order valence-electron chi connectivity index (χ1n) is 8.34. The van der Waals surface area contributed by atoms with Gasteiger partial charge in [0.25, 0.3) is 0 Å². The van der Waals surface area contributed by atoms with Crippen LogP contribution in [0.4, 0.5) is 5.69 Å². The van der Waals surface area contributed by atoms with Crippen LogP contribution in [0.2, 0.25) is 0 Å². The lowest BCUT2D eigenvalue weighted by Gasteiger charge is -2.31. The molecule has 4 rings (SSSR count). The number of para-hydroxylation sites is 1. The Morgan fingerprint density at radius 2 is 2.00 bits per heavy atom. The molecule has 0 bridgehead atoms. The summed E-state index contributed by atoms with van der Waals surface area (Å²) in [6, 6.07) is 13.4. The maximum atomic E-state index is 13.2. The maximum Gasteiger partial charge on any atom is 0.231 e. The smallest absolute Gasteiger partial charge is 0.231 e. The fraction of sp³-hybridized carbons (Fsp3) is 0.316. The van der Waals surface area contributed by atoms with E-state index < -0.39 is 5.92 Å². The van der Waals surface area contributed by atoms with Gasteiger partial charge in [0.1, 0.15) is 0 Å². The molecule has 2 aliphatic heterocycles. The number of nitrogens with zero attached hydrogens (tertiary/aromatic N) is 2. The van der Waals surface area contributed by atoms with E-state index in [4.69, 9.17) is 0 Å². The number of amides is 2. The van der Waals surface area contributed by atoms with Crippen LogP contribution in [0.15, 0.2) is 48.7 Å². The second kappa shape index (κ2) is 6.07. The molecule has 3 heterocycles. The van der Waals surface area contributed by atoms with Crippen LogP contribution >= 0.6 is 0 Å². The predicted octanol–water partition coefficient (Wildman–Crippen LogP) is 2.87. The number of likely N-dealkylation sites (tertiary alicyclic amines) is 1. The van der Waals surface area contributed by atoms with Gasteiger partial charge in [0, 0.05) is 24.8 Å². The van der Waals surface area contributed by atoms with Crippen molar-refractivity contribution in [2.24, 2.45) is 0 Å². The Bertz CT molecular complexity index is 775. The van der Waals surface area contributed by atoms with E-state index >= 15 is 0 Å². The van der Waals surface area contributed by atoms with Gasteiger partial charge in [-0.3, -0.25) is 14.6 Å². The van der Waals surface area contributed by atoms with Crippen LogP contribution in [0.1, 0.15) is 42.5 Å². The van der Waals surface area contributed by atoms with E-state index in [1.165, 1.54) is 0 Å². The van der Waals surface area contributed by atoms with Crippen molar-refractivity contribution in [1.29, 1.82) is 0 Å². The molecular formula is C19H19N3O2. The van der Waals surface area contributed by atoms with Gasteiger partial charge in [-0.05, 0) is 36.6 Å². The lowest BCUT2D eigenvalue weighted by atomic mass is 9.89. The predicted molar refractivity (Wildman–Crippen MR) is 90.4 cm³/mol. The van der Waals surface area contributed by atoms with E-state index in [2.05, 4.69) is 10.3 Å². The fourth-order valence-corrected chi connectivity index (χ4v) is 3.74. The number of benzene rings is 1. The average Bonchev–Trinajstić information content (AvgIpc) is 3.11. The minimum absolute atomic E-state index is 0.0100. The van der Waals surface area contributed by atoms with E-state index in [0.717, 1.165) is 36.3 Å². The molecule has 1 aromatic heterocycles. The van der Waals surface area contributed by atoms with E-state index in [1.54, 1.807) is 6.20 Å². The normalized spacial score (nSPS) is 22.8. The van der Waals surface area contributed by atoms with Gasteiger partial charge in [-0.2, -0.15) is 0 Å². The summed E-state index contributed by atoms with van der Waals surface area (Å²) >= 11 is 0. The molecule has 0 spiro atoms. The maximum absolute atomic E-state index is 13.2. The Hall–Kier alpha value is -2.69. The third-order valence-corrected chi connectivity index (χ3v) is 4.86. The van der Waals surface area contributed by atoms with Gasteiger partial charge in [0.15, 0.2) is 0 Å². The van der Waals surface area contributed by atoms with Crippen molar-refractivity contribution in [2.45, 2.75) is 31.2 Å². The summed E-state index contributed by atoms with van der Waals surface area (Å²) in [4.78, 5) is 31.6. The number of fused-ring (bicyclic) bond motifs is 1. The number of aromatic nitrogens is 1. The van der Waals surface area contributed by atoms with E-state index in [1.807, 2.05) is 47.4 Å². The molecule has 2 amide bonds. The minimum Gasteiger partial charge on any atom is -0.334 e. The lowest BCUT2D eigenvalue weighted by molar-refractivity contribution is -0.135. The second-order valence-electron chi connectivity index (χ2n) is 6.34. The Balaban J connectivity index is 1.65. The highest BCUT2D eigenvalue weighted by Crippen LogP contribution is 2.38. The number of hydrogen-bond acceptors (Lipinski definition) is 3. The van der Waals surface area contributed by atoms with Gasteiger partial charge in [0.2, 0.25) is 11.8 Å². The number of rotatable bonds is 2. The number of hydrogen-bond donors (Lipinski definition) is 1. The Labute approximate surface area is 140 Å². The quantitative estimate of drug-likeness (QED) is 0.925. The van der Waals surface area contributed by atoms with Gasteiger partial charge in [-0.15, -0.1) is 0 Å². The van der Waals surface area contributed by atoms with Crippen molar-refractivity contribution >= 4 is 17.5 Å². The number of nitrogens with one attached hydrogen (secondary N) is 1. The average molecular weight is 321 g/mol. The Morgan fingerprint density at radius 3 is 2.83 bits per heavy atom. The summed E-state index contributed by atoms with van der Waals surface area (Å²) < 4.78 is 0. The minimum atomic E-state index is -0.403. The first-order chi connectivity index (χ1) is 11.7. The summed E-state index contributed by atoms with van der Waals surface area (Å²) in [7, 11) is 0. The van der Waals surface area contributed by atoms with Crippen molar-refractivity contribution < 1.29 is 9.59 Å². The van der Waals surface area contributed by atoms with Gasteiger partial charge >= 0.3 is 0 Å². The Kier molecular flexibility index (Phi) is 3.76. The highest BCUT2D eigenvalue weighted by Gasteiger charge is 2.38. The van der Waals surface area contributed by atoms with Crippen LogP contribution in [0.25, 0.3) is 0 Å². The number of carbonyl (C=O) groups is 2. The highest BCUT2D eigenvalue weighted by atomic mass is 16.2. The molecule has 1 aromatic carbocycles. The van der Waals surface area contributed by atoms with Gasteiger partial charge in [-0.25, -0.2) is 0 Å².